The Labute approximate surface area is 194 Å². The number of hydrogen-bond acceptors (Lipinski definition) is 6. The molecule has 0 atom stereocenters. The Hall–Kier alpha value is -2.09. The van der Waals surface area contributed by atoms with Crippen molar-refractivity contribution < 1.29 is 14.2 Å². The molecule has 2 heterocycles. The monoisotopic (exact) mass is 457 g/mol. The summed E-state index contributed by atoms with van der Waals surface area (Å²) in [5.74, 6) is 0.969. The van der Waals surface area contributed by atoms with Crippen molar-refractivity contribution in [3.63, 3.8) is 0 Å². The minimum atomic E-state index is -0.193. The molecule has 1 N–H and O–H groups in total. The largest absolute Gasteiger partial charge is 0.508 e. The van der Waals surface area contributed by atoms with Gasteiger partial charge in [-0.15, -0.1) is 0 Å². The van der Waals surface area contributed by atoms with Gasteiger partial charge < -0.3 is 19.6 Å². The fraction of sp³-hybridized carbons (Fsp3) is 0.480. The number of piperidine rings is 1. The highest BCUT2D eigenvalue weighted by molar-refractivity contribution is 8.13. The van der Waals surface area contributed by atoms with E-state index in [1.54, 1.807) is 17.8 Å². The number of fused-ring (bicyclic) bond motifs is 1. The van der Waals surface area contributed by atoms with Crippen LogP contribution in [0.25, 0.3) is 0 Å². The Morgan fingerprint density at radius 3 is 2.72 bits per heavy atom. The molecule has 0 aromatic heterocycles. The van der Waals surface area contributed by atoms with E-state index in [-0.39, 0.29) is 5.82 Å². The average molecular weight is 458 g/mol. The molecule has 0 saturated carbocycles. The summed E-state index contributed by atoms with van der Waals surface area (Å²) in [6.07, 6.45) is 4.15. The van der Waals surface area contributed by atoms with Crippen molar-refractivity contribution in [3.05, 3.63) is 59.4 Å². The van der Waals surface area contributed by atoms with Crippen molar-refractivity contribution in [2.24, 2.45) is 4.99 Å². The summed E-state index contributed by atoms with van der Waals surface area (Å²) in [6.45, 7) is 4.73. The number of thioether (sulfide) groups is 1. The standard InChI is InChI=1S/C25H32FN3O2S/c1-28(25-27-24-8-7-23(30)17-20(24)18-32-25)22-9-13-29(14-10-22)12-2-15-31-16-11-19-3-5-21(26)6-4-19/h3-8,17,22,30H,2,9-16,18H2,1H3. The van der Waals surface area contributed by atoms with Crippen LogP contribution in [0.3, 0.4) is 0 Å². The van der Waals surface area contributed by atoms with Crippen LogP contribution in [-0.4, -0.2) is 66.0 Å². The summed E-state index contributed by atoms with van der Waals surface area (Å²) in [5.41, 5.74) is 3.18. The van der Waals surface area contributed by atoms with Crippen LogP contribution in [0.4, 0.5) is 10.1 Å². The molecule has 2 aromatic carbocycles. The average Bonchev–Trinajstić information content (AvgIpc) is 2.82. The fourth-order valence-corrected chi connectivity index (χ4v) is 5.31. The Morgan fingerprint density at radius 1 is 1.16 bits per heavy atom. The second-order valence-electron chi connectivity index (χ2n) is 8.52. The van der Waals surface area contributed by atoms with E-state index in [2.05, 4.69) is 16.8 Å². The lowest BCUT2D eigenvalue weighted by molar-refractivity contribution is 0.111. The lowest BCUT2D eigenvalue weighted by Gasteiger charge is -2.38. The zero-order chi connectivity index (χ0) is 22.3. The van der Waals surface area contributed by atoms with Crippen LogP contribution >= 0.6 is 11.8 Å². The molecule has 1 fully saturated rings. The molecule has 4 rings (SSSR count). The van der Waals surface area contributed by atoms with E-state index in [1.807, 2.05) is 24.3 Å². The highest BCUT2D eigenvalue weighted by Gasteiger charge is 2.26. The smallest absolute Gasteiger partial charge is 0.164 e. The van der Waals surface area contributed by atoms with Gasteiger partial charge in [0, 0.05) is 45.1 Å². The predicted octanol–water partition coefficient (Wildman–Crippen LogP) is 4.81. The van der Waals surface area contributed by atoms with E-state index < -0.39 is 0 Å². The number of rotatable bonds is 8. The number of ether oxygens (including phenoxy) is 1. The van der Waals surface area contributed by atoms with Crippen molar-refractivity contribution in [3.8, 4) is 5.75 Å². The molecule has 0 unspecified atom stereocenters. The van der Waals surface area contributed by atoms with E-state index in [1.165, 1.54) is 12.1 Å². The Morgan fingerprint density at radius 2 is 1.94 bits per heavy atom. The summed E-state index contributed by atoms with van der Waals surface area (Å²) in [7, 11) is 2.16. The van der Waals surface area contributed by atoms with E-state index in [9.17, 15) is 9.50 Å². The number of phenols is 1. The predicted molar refractivity (Wildman–Crippen MR) is 129 cm³/mol. The lowest BCUT2D eigenvalue weighted by Crippen LogP contribution is -2.45. The number of halogens is 1. The number of nitrogens with zero attached hydrogens (tertiary/aromatic N) is 3. The first-order chi connectivity index (χ1) is 15.6. The van der Waals surface area contributed by atoms with Crippen molar-refractivity contribution in [2.45, 2.75) is 37.5 Å². The fourth-order valence-electron chi connectivity index (χ4n) is 4.27. The highest BCUT2D eigenvalue weighted by atomic mass is 32.2. The van der Waals surface area contributed by atoms with Crippen molar-refractivity contribution >= 4 is 22.6 Å². The van der Waals surface area contributed by atoms with Gasteiger partial charge in [-0.3, -0.25) is 0 Å². The van der Waals surface area contributed by atoms with Gasteiger partial charge in [0.15, 0.2) is 5.17 Å². The molecule has 7 heteroatoms. The zero-order valence-corrected chi connectivity index (χ0v) is 19.5. The number of aliphatic imine (C=N–C) groups is 1. The zero-order valence-electron chi connectivity index (χ0n) is 18.7. The van der Waals surface area contributed by atoms with Gasteiger partial charge >= 0.3 is 0 Å². The molecule has 5 nitrogen and oxygen atoms in total. The Bertz CT molecular complexity index is 914. The Kier molecular flexibility index (Phi) is 8.05. The van der Waals surface area contributed by atoms with Crippen LogP contribution in [0, 0.1) is 5.82 Å². The van der Waals surface area contributed by atoms with Crippen molar-refractivity contribution in [2.75, 3.05) is 39.9 Å². The third-order valence-electron chi connectivity index (χ3n) is 6.25. The summed E-state index contributed by atoms with van der Waals surface area (Å²) >= 11 is 1.75. The maximum absolute atomic E-state index is 12.9. The molecule has 0 bridgehead atoms. The molecule has 0 spiro atoms. The van der Waals surface area contributed by atoms with Gasteiger partial charge in [0.05, 0.1) is 12.3 Å². The maximum Gasteiger partial charge on any atom is 0.164 e. The van der Waals surface area contributed by atoms with Gasteiger partial charge in [0.25, 0.3) is 0 Å². The van der Waals surface area contributed by atoms with Gasteiger partial charge in [0.1, 0.15) is 11.6 Å². The molecular formula is C25H32FN3O2S. The maximum atomic E-state index is 12.9. The number of benzene rings is 2. The highest BCUT2D eigenvalue weighted by Crippen LogP contribution is 2.35. The normalized spacial score (nSPS) is 17.1. The van der Waals surface area contributed by atoms with Gasteiger partial charge in [-0.2, -0.15) is 0 Å². The number of aromatic hydroxyl groups is 1. The third kappa shape index (κ3) is 6.24. The van der Waals surface area contributed by atoms with Crippen LogP contribution in [0.15, 0.2) is 47.5 Å². The van der Waals surface area contributed by atoms with Gasteiger partial charge in [0.2, 0.25) is 0 Å². The Balaban J connectivity index is 1.13. The molecule has 2 aliphatic heterocycles. The minimum Gasteiger partial charge on any atom is -0.508 e. The molecule has 0 radical (unpaired) electrons. The molecule has 2 aliphatic rings. The lowest BCUT2D eigenvalue weighted by atomic mass is 10.0. The van der Waals surface area contributed by atoms with E-state index in [4.69, 9.17) is 9.73 Å². The first kappa shape index (κ1) is 23.1. The molecule has 172 valence electrons. The summed E-state index contributed by atoms with van der Waals surface area (Å²) in [4.78, 5) is 9.70. The van der Waals surface area contributed by atoms with Gasteiger partial charge in [-0.05, 0) is 67.1 Å². The number of hydrogen-bond donors (Lipinski definition) is 1. The van der Waals surface area contributed by atoms with E-state index in [0.29, 0.717) is 18.4 Å². The second kappa shape index (κ2) is 11.2. The SMILES string of the molecule is CN(C1=Nc2ccc(O)cc2CS1)C1CCN(CCCOCCc2ccc(F)cc2)CC1. The topological polar surface area (TPSA) is 48.3 Å². The molecule has 1 saturated heterocycles. The molecule has 0 amide bonds. The molecule has 0 aliphatic carbocycles. The summed E-state index contributed by atoms with van der Waals surface area (Å²) in [6, 6.07) is 12.6. The first-order valence-electron chi connectivity index (χ1n) is 11.4. The van der Waals surface area contributed by atoms with E-state index >= 15 is 0 Å². The van der Waals surface area contributed by atoms with Gasteiger partial charge in [-0.25, -0.2) is 9.38 Å². The van der Waals surface area contributed by atoms with E-state index in [0.717, 1.165) is 79.7 Å². The number of likely N-dealkylation sites (tertiary alicyclic amines) is 1. The molecule has 32 heavy (non-hydrogen) atoms. The summed E-state index contributed by atoms with van der Waals surface area (Å²) in [5, 5.41) is 10.7. The minimum absolute atomic E-state index is 0.193. The van der Waals surface area contributed by atoms with Gasteiger partial charge in [-0.1, -0.05) is 23.9 Å². The molecular weight excluding hydrogens is 425 g/mol. The summed E-state index contributed by atoms with van der Waals surface area (Å²) < 4.78 is 18.7. The van der Waals surface area contributed by atoms with Crippen LogP contribution in [0.1, 0.15) is 30.4 Å². The quantitative estimate of drug-likeness (QED) is 0.577. The molecule has 2 aromatic rings. The van der Waals surface area contributed by atoms with Crippen molar-refractivity contribution in [1.82, 2.24) is 9.80 Å². The van der Waals surface area contributed by atoms with Crippen LogP contribution in [-0.2, 0) is 16.9 Å². The first-order valence-corrected chi connectivity index (χ1v) is 12.4. The number of amidine groups is 1. The second-order valence-corrected chi connectivity index (χ2v) is 9.46. The third-order valence-corrected chi connectivity index (χ3v) is 7.35. The van der Waals surface area contributed by atoms with Crippen LogP contribution in [0.5, 0.6) is 5.75 Å². The van der Waals surface area contributed by atoms with Crippen molar-refractivity contribution in [1.29, 1.82) is 0 Å². The van der Waals surface area contributed by atoms with Crippen LogP contribution in [0.2, 0.25) is 0 Å². The number of phenolic OH excluding ortho intramolecular Hbond substituents is 1. The van der Waals surface area contributed by atoms with Crippen LogP contribution < -0.4 is 0 Å².